The van der Waals surface area contributed by atoms with Crippen LogP contribution >= 0.6 is 0 Å². The number of carbonyl (C=O) groups is 3. The van der Waals surface area contributed by atoms with Crippen LogP contribution in [0.4, 0.5) is 5.69 Å². The average molecular weight is 532 g/mol. The van der Waals surface area contributed by atoms with Crippen LogP contribution in [0.3, 0.4) is 0 Å². The number of anilines is 1. The molecule has 0 saturated carbocycles. The summed E-state index contributed by atoms with van der Waals surface area (Å²) in [6.45, 7) is 3.54. The molecule has 2 N–H and O–H groups in total. The molecular weight excluding hydrogens is 506 g/mol. The molecule has 0 aliphatic rings. The number of carboxylic acid groups (broad SMARTS) is 1. The van der Waals surface area contributed by atoms with E-state index in [-0.39, 0.29) is 11.1 Å². The van der Waals surface area contributed by atoms with Gasteiger partial charge < -0.3 is 15.2 Å². The molecule has 0 unspecified atom stereocenters. The number of carboxylic acids is 1. The van der Waals surface area contributed by atoms with Crippen molar-refractivity contribution in [1.29, 1.82) is 0 Å². The number of hydrogen-bond acceptors (Lipinski definition) is 6. The van der Waals surface area contributed by atoms with E-state index in [9.17, 15) is 14.4 Å². The molecule has 1 heterocycles. The summed E-state index contributed by atoms with van der Waals surface area (Å²) in [5.74, 6) is -2.30. The van der Waals surface area contributed by atoms with Crippen molar-refractivity contribution in [3.63, 3.8) is 0 Å². The Morgan fingerprint density at radius 2 is 1.23 bits per heavy atom. The van der Waals surface area contributed by atoms with Gasteiger partial charge in [0.15, 0.2) is 6.61 Å². The molecule has 0 bridgehead atoms. The Bertz CT molecular complexity index is 1730. The van der Waals surface area contributed by atoms with Gasteiger partial charge in [0.25, 0.3) is 5.91 Å². The van der Waals surface area contributed by atoms with Crippen molar-refractivity contribution < 1.29 is 24.2 Å². The first-order valence-electron chi connectivity index (χ1n) is 12.5. The van der Waals surface area contributed by atoms with Crippen LogP contribution in [-0.2, 0) is 9.53 Å². The molecule has 0 aliphatic carbocycles. The van der Waals surface area contributed by atoms with Gasteiger partial charge in [-0.2, -0.15) is 0 Å². The van der Waals surface area contributed by atoms with Gasteiger partial charge in [-0.25, -0.2) is 19.6 Å². The first-order valence-corrected chi connectivity index (χ1v) is 12.5. The van der Waals surface area contributed by atoms with E-state index in [1.807, 2.05) is 62.4 Å². The maximum Gasteiger partial charge on any atom is 0.338 e. The topological polar surface area (TPSA) is 118 Å². The Kier molecular flexibility index (Phi) is 7.33. The van der Waals surface area contributed by atoms with Crippen molar-refractivity contribution in [3.05, 3.63) is 113 Å². The minimum atomic E-state index is -1.07. The zero-order valence-electron chi connectivity index (χ0n) is 21.8. The lowest BCUT2D eigenvalue weighted by molar-refractivity contribution is -0.119. The summed E-state index contributed by atoms with van der Waals surface area (Å²) in [5.41, 5.74) is 7.38. The van der Waals surface area contributed by atoms with E-state index in [0.29, 0.717) is 22.4 Å². The average Bonchev–Trinajstić information content (AvgIpc) is 2.96. The van der Waals surface area contributed by atoms with E-state index in [1.54, 1.807) is 18.2 Å². The number of nitrogens with one attached hydrogen (secondary N) is 1. The zero-order chi connectivity index (χ0) is 28.2. The maximum atomic E-state index is 12.8. The van der Waals surface area contributed by atoms with Gasteiger partial charge in [0, 0.05) is 16.8 Å². The fraction of sp³-hybridized carbons (Fsp3) is 0.0938. The highest BCUT2D eigenvalue weighted by molar-refractivity contribution is 5.98. The second kappa shape index (κ2) is 11.2. The highest BCUT2D eigenvalue weighted by atomic mass is 16.5. The second-order valence-electron chi connectivity index (χ2n) is 9.36. The molecule has 0 saturated heterocycles. The smallest absolute Gasteiger partial charge is 0.338 e. The number of rotatable bonds is 7. The summed E-state index contributed by atoms with van der Waals surface area (Å²) in [4.78, 5) is 45.8. The van der Waals surface area contributed by atoms with Gasteiger partial charge in [0.2, 0.25) is 0 Å². The van der Waals surface area contributed by atoms with E-state index in [0.717, 1.165) is 27.9 Å². The number of carbonyl (C=O) groups excluding carboxylic acids is 2. The summed E-state index contributed by atoms with van der Waals surface area (Å²) in [5, 5.41) is 11.5. The van der Waals surface area contributed by atoms with Gasteiger partial charge in [-0.15, -0.1) is 0 Å². The number of fused-ring (bicyclic) bond motifs is 1. The summed E-state index contributed by atoms with van der Waals surface area (Å²) in [7, 11) is 0. The lowest BCUT2D eigenvalue weighted by Gasteiger charge is -2.12. The van der Waals surface area contributed by atoms with Crippen LogP contribution in [0.1, 0.15) is 31.8 Å². The summed E-state index contributed by atoms with van der Waals surface area (Å²) < 4.78 is 5.21. The maximum absolute atomic E-state index is 12.8. The molecule has 5 rings (SSSR count). The number of benzene rings is 4. The minimum absolute atomic E-state index is 0.0975. The number of ether oxygens (including phenoxy) is 1. The van der Waals surface area contributed by atoms with Gasteiger partial charge in [0.1, 0.15) is 0 Å². The summed E-state index contributed by atoms with van der Waals surface area (Å²) in [6, 6.07) is 26.7. The number of aryl methyl sites for hydroxylation is 2. The molecular formula is C32H25N3O5. The van der Waals surface area contributed by atoms with Gasteiger partial charge >= 0.3 is 11.9 Å². The third-order valence-electron chi connectivity index (χ3n) is 6.30. The highest BCUT2D eigenvalue weighted by Gasteiger charge is 2.16. The van der Waals surface area contributed by atoms with Crippen molar-refractivity contribution in [2.75, 3.05) is 11.9 Å². The standard InChI is InChI=1S/C32H25N3O5/c1-19-3-7-21(8-4-19)29-30(22-9-5-20(2)6-10-22)35-27-17-24(13-16-26(27)34-29)32(39)40-18-28(36)33-25-14-11-23(12-15-25)31(37)38/h3-17H,18H2,1-2H3,(H,33,36)(H,37,38). The third kappa shape index (κ3) is 5.86. The summed E-state index contributed by atoms with van der Waals surface area (Å²) in [6.07, 6.45) is 0. The van der Waals surface area contributed by atoms with Crippen molar-refractivity contribution in [2.24, 2.45) is 0 Å². The number of esters is 1. The van der Waals surface area contributed by atoms with E-state index >= 15 is 0 Å². The molecule has 1 aromatic heterocycles. The Morgan fingerprint density at radius 1 is 0.700 bits per heavy atom. The van der Waals surface area contributed by atoms with Gasteiger partial charge in [-0.1, -0.05) is 59.7 Å². The second-order valence-corrected chi connectivity index (χ2v) is 9.36. The van der Waals surface area contributed by atoms with Crippen molar-refractivity contribution in [3.8, 4) is 22.5 Å². The molecule has 4 aromatic carbocycles. The van der Waals surface area contributed by atoms with Crippen LogP contribution in [0.2, 0.25) is 0 Å². The Hall–Kier alpha value is -5.37. The van der Waals surface area contributed by atoms with E-state index < -0.39 is 24.5 Å². The molecule has 1 amide bonds. The van der Waals surface area contributed by atoms with Crippen LogP contribution in [-0.4, -0.2) is 39.5 Å². The monoisotopic (exact) mass is 531 g/mol. The highest BCUT2D eigenvalue weighted by Crippen LogP contribution is 2.31. The first kappa shape index (κ1) is 26.2. The van der Waals surface area contributed by atoms with Crippen LogP contribution in [0.5, 0.6) is 0 Å². The van der Waals surface area contributed by atoms with Crippen LogP contribution in [0.25, 0.3) is 33.5 Å². The normalized spacial score (nSPS) is 10.8. The van der Waals surface area contributed by atoms with Crippen LogP contribution in [0.15, 0.2) is 91.0 Å². The van der Waals surface area contributed by atoms with E-state index in [4.69, 9.17) is 19.8 Å². The SMILES string of the molecule is Cc1ccc(-c2nc3ccc(C(=O)OCC(=O)Nc4ccc(C(=O)O)cc4)cc3nc2-c2ccc(C)cc2)cc1. The third-order valence-corrected chi connectivity index (χ3v) is 6.30. The molecule has 0 spiro atoms. The molecule has 0 aliphatic heterocycles. The fourth-order valence-corrected chi connectivity index (χ4v) is 4.11. The number of nitrogens with zero attached hydrogens (tertiary/aromatic N) is 2. The molecule has 8 nitrogen and oxygen atoms in total. The lowest BCUT2D eigenvalue weighted by atomic mass is 10.0. The van der Waals surface area contributed by atoms with Gasteiger partial charge in [-0.05, 0) is 56.3 Å². The molecule has 0 radical (unpaired) electrons. The quantitative estimate of drug-likeness (QED) is 0.245. The molecule has 198 valence electrons. The predicted octanol–water partition coefficient (Wildman–Crippen LogP) is 6.07. The number of amides is 1. The number of aromatic nitrogens is 2. The van der Waals surface area contributed by atoms with E-state index in [2.05, 4.69) is 5.32 Å². The predicted molar refractivity (Wildman–Crippen MR) is 152 cm³/mol. The Labute approximate surface area is 230 Å². The fourth-order valence-electron chi connectivity index (χ4n) is 4.11. The number of hydrogen-bond donors (Lipinski definition) is 2. The largest absolute Gasteiger partial charge is 0.478 e. The molecule has 40 heavy (non-hydrogen) atoms. The molecule has 8 heteroatoms. The van der Waals surface area contributed by atoms with Crippen molar-refractivity contribution >= 4 is 34.6 Å². The number of aromatic carboxylic acids is 1. The Balaban J connectivity index is 1.38. The van der Waals surface area contributed by atoms with Crippen LogP contribution in [0, 0.1) is 13.8 Å². The zero-order valence-corrected chi connectivity index (χ0v) is 21.8. The van der Waals surface area contributed by atoms with Crippen molar-refractivity contribution in [2.45, 2.75) is 13.8 Å². The van der Waals surface area contributed by atoms with Gasteiger partial charge in [0.05, 0.1) is 33.5 Å². The van der Waals surface area contributed by atoms with E-state index in [1.165, 1.54) is 24.3 Å². The minimum Gasteiger partial charge on any atom is -0.478 e. The molecule has 0 fully saturated rings. The van der Waals surface area contributed by atoms with Crippen molar-refractivity contribution in [1.82, 2.24) is 9.97 Å². The first-order chi connectivity index (χ1) is 19.3. The molecule has 5 aromatic rings. The Morgan fingerprint density at radius 3 is 1.77 bits per heavy atom. The van der Waals surface area contributed by atoms with Crippen LogP contribution < -0.4 is 5.32 Å². The lowest BCUT2D eigenvalue weighted by Crippen LogP contribution is -2.21. The van der Waals surface area contributed by atoms with Gasteiger partial charge in [-0.3, -0.25) is 4.79 Å². The molecule has 0 atom stereocenters. The summed E-state index contributed by atoms with van der Waals surface area (Å²) >= 11 is 0.